The van der Waals surface area contributed by atoms with Gasteiger partial charge in [0, 0.05) is 19.1 Å². The van der Waals surface area contributed by atoms with Crippen LogP contribution in [0.15, 0.2) is 0 Å². The van der Waals surface area contributed by atoms with E-state index in [1.54, 1.807) is 0 Å². The van der Waals surface area contributed by atoms with Gasteiger partial charge in [-0.25, -0.2) is 0 Å². The minimum Gasteiger partial charge on any atom is -0.395 e. The number of nitrogens with one attached hydrogen (secondary N) is 1. The first-order valence-electron chi connectivity index (χ1n) is 6.01. The molecule has 2 fully saturated rings. The van der Waals surface area contributed by atoms with Gasteiger partial charge in [-0.3, -0.25) is 4.90 Å². The molecule has 0 aliphatic carbocycles. The molecule has 2 heterocycles. The molecule has 2 aliphatic heterocycles. The molecule has 88 valence electrons. The molecule has 0 bridgehead atoms. The summed E-state index contributed by atoms with van der Waals surface area (Å²) in [4.78, 5) is 2.44. The Morgan fingerprint density at radius 1 is 1.47 bits per heavy atom. The van der Waals surface area contributed by atoms with Crippen LogP contribution < -0.4 is 5.32 Å². The van der Waals surface area contributed by atoms with Gasteiger partial charge in [0.05, 0.1) is 25.9 Å². The Bertz CT molecular complexity index is 201. The van der Waals surface area contributed by atoms with Crippen LogP contribution >= 0.6 is 0 Å². The molecule has 3 unspecified atom stereocenters. The second kappa shape index (κ2) is 5.25. The average molecular weight is 214 g/mol. The third-order valence-electron chi connectivity index (χ3n) is 3.74. The van der Waals surface area contributed by atoms with Crippen LogP contribution in [0.25, 0.3) is 0 Å². The van der Waals surface area contributed by atoms with Crippen LogP contribution in [0.1, 0.15) is 13.3 Å². The summed E-state index contributed by atoms with van der Waals surface area (Å²) in [7, 11) is 0. The first-order valence-corrected chi connectivity index (χ1v) is 6.01. The molecular formula is C11H22N2O2. The van der Waals surface area contributed by atoms with E-state index in [4.69, 9.17) is 4.74 Å². The molecule has 0 spiro atoms. The van der Waals surface area contributed by atoms with E-state index >= 15 is 0 Å². The Morgan fingerprint density at radius 3 is 3.07 bits per heavy atom. The van der Waals surface area contributed by atoms with Gasteiger partial charge in [-0.05, 0) is 12.5 Å². The van der Waals surface area contributed by atoms with E-state index in [-0.39, 0.29) is 12.6 Å². The molecule has 2 saturated heterocycles. The summed E-state index contributed by atoms with van der Waals surface area (Å²) in [5, 5.41) is 12.8. The second-order valence-electron chi connectivity index (χ2n) is 4.54. The van der Waals surface area contributed by atoms with Gasteiger partial charge < -0.3 is 15.2 Å². The molecule has 0 aromatic rings. The van der Waals surface area contributed by atoms with Crippen LogP contribution in [0.5, 0.6) is 0 Å². The molecule has 4 heteroatoms. The van der Waals surface area contributed by atoms with Crippen LogP contribution in [-0.2, 0) is 4.74 Å². The lowest BCUT2D eigenvalue weighted by atomic mass is 9.97. The van der Waals surface area contributed by atoms with Gasteiger partial charge >= 0.3 is 0 Å². The number of hydrogen-bond acceptors (Lipinski definition) is 4. The highest BCUT2D eigenvalue weighted by Crippen LogP contribution is 2.22. The highest BCUT2D eigenvalue weighted by molar-refractivity contribution is 4.91. The SMILES string of the molecule is CCC1CNCC1N1CCOCC1CO. The summed E-state index contributed by atoms with van der Waals surface area (Å²) in [5.74, 6) is 0.733. The predicted molar refractivity (Wildman–Crippen MR) is 58.8 cm³/mol. The molecule has 0 amide bonds. The Hall–Kier alpha value is -0.160. The highest BCUT2D eigenvalue weighted by Gasteiger charge is 2.35. The number of aliphatic hydroxyl groups is 1. The molecule has 2 N–H and O–H groups in total. The molecule has 0 aromatic heterocycles. The van der Waals surface area contributed by atoms with E-state index < -0.39 is 0 Å². The van der Waals surface area contributed by atoms with Crippen molar-refractivity contribution < 1.29 is 9.84 Å². The predicted octanol–water partition coefficient (Wildman–Crippen LogP) is -0.322. The van der Waals surface area contributed by atoms with E-state index in [1.807, 2.05) is 0 Å². The Morgan fingerprint density at radius 2 is 2.33 bits per heavy atom. The van der Waals surface area contributed by atoms with Gasteiger partial charge in [0.2, 0.25) is 0 Å². The molecule has 0 aromatic carbocycles. The number of nitrogens with zero attached hydrogens (tertiary/aromatic N) is 1. The lowest BCUT2D eigenvalue weighted by Crippen LogP contribution is -2.54. The van der Waals surface area contributed by atoms with Crippen molar-refractivity contribution in [2.75, 3.05) is 39.5 Å². The van der Waals surface area contributed by atoms with E-state index in [2.05, 4.69) is 17.1 Å². The van der Waals surface area contributed by atoms with Gasteiger partial charge in [-0.2, -0.15) is 0 Å². The number of rotatable bonds is 3. The molecule has 0 saturated carbocycles. The van der Waals surface area contributed by atoms with Gasteiger partial charge in [0.15, 0.2) is 0 Å². The zero-order valence-corrected chi connectivity index (χ0v) is 9.48. The van der Waals surface area contributed by atoms with Crippen molar-refractivity contribution in [3.8, 4) is 0 Å². The number of hydrogen-bond donors (Lipinski definition) is 2. The van der Waals surface area contributed by atoms with E-state index in [1.165, 1.54) is 6.42 Å². The van der Waals surface area contributed by atoms with Gasteiger partial charge in [0.25, 0.3) is 0 Å². The maximum Gasteiger partial charge on any atom is 0.0644 e. The minimum atomic E-state index is 0.206. The Balaban J connectivity index is 1.99. The van der Waals surface area contributed by atoms with Crippen molar-refractivity contribution in [1.29, 1.82) is 0 Å². The lowest BCUT2D eigenvalue weighted by Gasteiger charge is -2.40. The third-order valence-corrected chi connectivity index (χ3v) is 3.74. The zero-order valence-electron chi connectivity index (χ0n) is 9.48. The zero-order chi connectivity index (χ0) is 10.7. The quantitative estimate of drug-likeness (QED) is 0.676. The molecular weight excluding hydrogens is 192 g/mol. The van der Waals surface area contributed by atoms with Crippen molar-refractivity contribution in [3.63, 3.8) is 0 Å². The molecule has 2 rings (SSSR count). The monoisotopic (exact) mass is 214 g/mol. The summed E-state index contributed by atoms with van der Waals surface area (Å²) in [6.07, 6.45) is 1.22. The first kappa shape index (κ1) is 11.3. The summed E-state index contributed by atoms with van der Waals surface area (Å²) in [5.41, 5.74) is 0. The normalized spacial score (nSPS) is 38.4. The summed E-state index contributed by atoms with van der Waals surface area (Å²) in [6.45, 7) is 7.11. The average Bonchev–Trinajstić information content (AvgIpc) is 2.76. The Kier molecular flexibility index (Phi) is 3.97. The van der Waals surface area contributed by atoms with Crippen molar-refractivity contribution in [3.05, 3.63) is 0 Å². The fourth-order valence-electron chi connectivity index (χ4n) is 2.79. The fourth-order valence-corrected chi connectivity index (χ4v) is 2.79. The van der Waals surface area contributed by atoms with Gasteiger partial charge in [-0.1, -0.05) is 13.3 Å². The van der Waals surface area contributed by atoms with Crippen LogP contribution in [0.3, 0.4) is 0 Å². The number of morpholine rings is 1. The highest BCUT2D eigenvalue weighted by atomic mass is 16.5. The standard InChI is InChI=1S/C11H22N2O2/c1-2-9-5-12-6-11(9)13-3-4-15-8-10(13)7-14/h9-12,14H,2-8H2,1H3. The number of aliphatic hydroxyl groups excluding tert-OH is 1. The van der Waals surface area contributed by atoms with Crippen LogP contribution in [0, 0.1) is 5.92 Å². The van der Waals surface area contributed by atoms with Crippen molar-refractivity contribution >= 4 is 0 Å². The fraction of sp³-hybridized carbons (Fsp3) is 1.00. The van der Waals surface area contributed by atoms with Crippen LogP contribution in [0.2, 0.25) is 0 Å². The largest absolute Gasteiger partial charge is 0.395 e. The van der Waals surface area contributed by atoms with E-state index in [9.17, 15) is 5.11 Å². The van der Waals surface area contributed by atoms with Crippen molar-refractivity contribution in [1.82, 2.24) is 10.2 Å². The summed E-state index contributed by atoms with van der Waals surface area (Å²) < 4.78 is 5.41. The maximum atomic E-state index is 9.34. The third kappa shape index (κ3) is 2.33. The number of ether oxygens (including phenoxy) is 1. The molecule has 4 nitrogen and oxygen atoms in total. The van der Waals surface area contributed by atoms with Crippen molar-refractivity contribution in [2.45, 2.75) is 25.4 Å². The first-order chi connectivity index (χ1) is 7.36. The summed E-state index contributed by atoms with van der Waals surface area (Å²) in [6, 6.07) is 0.800. The van der Waals surface area contributed by atoms with Crippen LogP contribution in [0.4, 0.5) is 0 Å². The maximum absolute atomic E-state index is 9.34. The van der Waals surface area contributed by atoms with Crippen molar-refractivity contribution in [2.24, 2.45) is 5.92 Å². The second-order valence-corrected chi connectivity index (χ2v) is 4.54. The molecule has 15 heavy (non-hydrogen) atoms. The van der Waals surface area contributed by atoms with E-state index in [0.29, 0.717) is 12.6 Å². The lowest BCUT2D eigenvalue weighted by molar-refractivity contribution is -0.0511. The van der Waals surface area contributed by atoms with Crippen LogP contribution in [-0.4, -0.2) is 61.5 Å². The molecule has 2 aliphatic rings. The topological polar surface area (TPSA) is 44.7 Å². The van der Waals surface area contributed by atoms with Gasteiger partial charge in [-0.15, -0.1) is 0 Å². The molecule has 3 atom stereocenters. The van der Waals surface area contributed by atoms with E-state index in [0.717, 1.165) is 32.2 Å². The summed E-state index contributed by atoms with van der Waals surface area (Å²) >= 11 is 0. The Labute approximate surface area is 91.6 Å². The minimum absolute atomic E-state index is 0.206. The smallest absolute Gasteiger partial charge is 0.0644 e. The molecule has 0 radical (unpaired) electrons. The van der Waals surface area contributed by atoms with Gasteiger partial charge in [0.1, 0.15) is 0 Å².